The number of hydrogen-bond acceptors (Lipinski definition) is 3. The van der Waals surface area contributed by atoms with E-state index in [0.29, 0.717) is 0 Å². The minimum Gasteiger partial charge on any atom is -0.464 e. The zero-order valence-electron chi connectivity index (χ0n) is 24.3. The summed E-state index contributed by atoms with van der Waals surface area (Å²) < 4.78 is 8.50. The zero-order valence-corrected chi connectivity index (χ0v) is 24.3. The molecule has 5 aromatic carbocycles. The molecule has 8 rings (SSSR count). The summed E-state index contributed by atoms with van der Waals surface area (Å²) in [4.78, 5) is 9.83. The number of imidazole rings is 1. The van der Waals surface area contributed by atoms with Gasteiger partial charge in [0, 0.05) is 34.8 Å². The van der Waals surface area contributed by atoms with Crippen molar-refractivity contribution < 1.29 is 4.42 Å². The fourth-order valence-corrected chi connectivity index (χ4v) is 6.20. The molecule has 4 nitrogen and oxygen atoms in total. The van der Waals surface area contributed by atoms with Crippen LogP contribution in [-0.4, -0.2) is 14.5 Å². The molecule has 0 aliphatic carbocycles. The maximum Gasteiger partial charge on any atom is 0.149 e. The molecular formula is C40H29N3O. The summed E-state index contributed by atoms with van der Waals surface area (Å²) in [5.74, 6) is 0.846. The van der Waals surface area contributed by atoms with Crippen LogP contribution >= 0.6 is 0 Å². The van der Waals surface area contributed by atoms with Crippen molar-refractivity contribution in [2.75, 3.05) is 0 Å². The Hall–Kier alpha value is -5.74. The van der Waals surface area contributed by atoms with Gasteiger partial charge >= 0.3 is 0 Å². The standard InChI is InChI=1S/C40H29N3O/c1-27-22-32(29-12-4-2-5-13-29)39(33(23-27)30-14-6-3-7-15-30)43-37-18-9-8-17-36(37)42-40(43)35-26-44-38-20-19-28(25-34(35)38)24-31-16-10-11-21-41-31/h2-23,25-26H,24H2,1H3. The molecule has 0 atom stereocenters. The van der Waals surface area contributed by atoms with E-state index in [0.717, 1.165) is 73.4 Å². The first-order valence-electron chi connectivity index (χ1n) is 14.9. The van der Waals surface area contributed by atoms with Crippen molar-refractivity contribution in [1.82, 2.24) is 14.5 Å². The maximum atomic E-state index is 6.18. The summed E-state index contributed by atoms with van der Waals surface area (Å²) in [6, 6.07) is 46.7. The van der Waals surface area contributed by atoms with Gasteiger partial charge in [-0.3, -0.25) is 9.55 Å². The largest absolute Gasteiger partial charge is 0.464 e. The molecular weight excluding hydrogens is 538 g/mol. The number of rotatable bonds is 6. The van der Waals surface area contributed by atoms with Gasteiger partial charge in [0.05, 0.1) is 22.3 Å². The molecule has 0 radical (unpaired) electrons. The lowest BCUT2D eigenvalue weighted by Gasteiger charge is -2.20. The minimum atomic E-state index is 0.742. The van der Waals surface area contributed by atoms with Gasteiger partial charge in [-0.05, 0) is 77.7 Å². The molecule has 0 aliphatic rings. The number of furan rings is 1. The van der Waals surface area contributed by atoms with E-state index in [-0.39, 0.29) is 0 Å². The van der Waals surface area contributed by atoms with Gasteiger partial charge in [0.2, 0.25) is 0 Å². The smallest absolute Gasteiger partial charge is 0.149 e. The van der Waals surface area contributed by atoms with Crippen molar-refractivity contribution in [3.05, 3.63) is 163 Å². The average molecular weight is 568 g/mol. The van der Waals surface area contributed by atoms with Crippen LogP contribution in [0.1, 0.15) is 16.8 Å². The molecule has 3 aromatic heterocycles. The molecule has 8 aromatic rings. The monoisotopic (exact) mass is 567 g/mol. The van der Waals surface area contributed by atoms with Crippen molar-refractivity contribution in [3.63, 3.8) is 0 Å². The zero-order chi connectivity index (χ0) is 29.5. The molecule has 0 spiro atoms. The van der Waals surface area contributed by atoms with Gasteiger partial charge in [0.1, 0.15) is 17.7 Å². The van der Waals surface area contributed by atoms with Crippen LogP contribution in [0.15, 0.2) is 150 Å². The van der Waals surface area contributed by atoms with E-state index < -0.39 is 0 Å². The number of fused-ring (bicyclic) bond motifs is 2. The van der Waals surface area contributed by atoms with Gasteiger partial charge < -0.3 is 4.42 Å². The third-order valence-electron chi connectivity index (χ3n) is 8.20. The Morgan fingerprint density at radius 2 is 1.34 bits per heavy atom. The molecule has 0 bridgehead atoms. The van der Waals surface area contributed by atoms with Crippen molar-refractivity contribution >= 4 is 22.0 Å². The van der Waals surface area contributed by atoms with Crippen LogP contribution in [0.4, 0.5) is 0 Å². The second kappa shape index (κ2) is 10.8. The lowest BCUT2D eigenvalue weighted by Crippen LogP contribution is -2.03. The molecule has 0 saturated heterocycles. The fraction of sp³-hybridized carbons (Fsp3) is 0.0500. The molecule has 0 saturated carbocycles. The molecule has 0 unspecified atom stereocenters. The van der Waals surface area contributed by atoms with Crippen LogP contribution in [-0.2, 0) is 6.42 Å². The molecule has 0 aliphatic heterocycles. The summed E-state index contributed by atoms with van der Waals surface area (Å²) in [6.07, 6.45) is 4.44. The molecule has 0 amide bonds. The van der Waals surface area contributed by atoms with Gasteiger partial charge in [-0.25, -0.2) is 4.98 Å². The van der Waals surface area contributed by atoms with E-state index in [9.17, 15) is 0 Å². The summed E-state index contributed by atoms with van der Waals surface area (Å²) >= 11 is 0. The molecule has 44 heavy (non-hydrogen) atoms. The third kappa shape index (κ3) is 4.58. The summed E-state index contributed by atoms with van der Waals surface area (Å²) in [5.41, 5.74) is 12.9. The minimum absolute atomic E-state index is 0.742. The van der Waals surface area contributed by atoms with E-state index in [1.54, 1.807) is 0 Å². The normalized spacial score (nSPS) is 11.4. The van der Waals surface area contributed by atoms with Crippen molar-refractivity contribution in [2.24, 2.45) is 0 Å². The topological polar surface area (TPSA) is 43.9 Å². The van der Waals surface area contributed by atoms with Gasteiger partial charge in [0.25, 0.3) is 0 Å². The van der Waals surface area contributed by atoms with E-state index in [1.165, 1.54) is 11.1 Å². The Bertz CT molecular complexity index is 2190. The summed E-state index contributed by atoms with van der Waals surface area (Å²) in [6.45, 7) is 2.17. The molecule has 0 N–H and O–H groups in total. The molecule has 4 heteroatoms. The first-order chi connectivity index (χ1) is 21.7. The Kier molecular flexibility index (Phi) is 6.38. The number of aromatic nitrogens is 3. The summed E-state index contributed by atoms with van der Waals surface area (Å²) in [7, 11) is 0. The number of benzene rings is 5. The molecule has 210 valence electrons. The molecule has 0 fully saturated rings. The lowest BCUT2D eigenvalue weighted by molar-refractivity contribution is 0.616. The second-order valence-corrected chi connectivity index (χ2v) is 11.2. The Labute approximate surface area is 255 Å². The predicted octanol–water partition coefficient (Wildman–Crippen LogP) is 10.1. The van der Waals surface area contributed by atoms with E-state index in [1.807, 2.05) is 30.7 Å². The number of nitrogens with zero attached hydrogens (tertiary/aromatic N) is 3. The number of aryl methyl sites for hydroxylation is 1. The average Bonchev–Trinajstić information content (AvgIpc) is 3.67. The summed E-state index contributed by atoms with van der Waals surface area (Å²) in [5, 5.41) is 1.03. The Balaban J connectivity index is 1.43. The van der Waals surface area contributed by atoms with Crippen molar-refractivity contribution in [2.45, 2.75) is 13.3 Å². The maximum absolute atomic E-state index is 6.18. The quantitative estimate of drug-likeness (QED) is 0.201. The number of para-hydroxylation sites is 2. The van der Waals surface area contributed by atoms with Gasteiger partial charge in [-0.1, -0.05) is 84.9 Å². The van der Waals surface area contributed by atoms with Gasteiger partial charge in [0.15, 0.2) is 0 Å². The van der Waals surface area contributed by atoms with E-state index in [2.05, 4.69) is 132 Å². The third-order valence-corrected chi connectivity index (χ3v) is 8.20. The lowest BCUT2D eigenvalue weighted by atomic mass is 9.93. The van der Waals surface area contributed by atoms with Gasteiger partial charge in [-0.15, -0.1) is 0 Å². The highest BCUT2D eigenvalue weighted by molar-refractivity contribution is 5.98. The first-order valence-corrected chi connectivity index (χ1v) is 14.9. The van der Waals surface area contributed by atoms with Crippen LogP contribution in [0, 0.1) is 6.92 Å². The Morgan fingerprint density at radius 1 is 0.659 bits per heavy atom. The van der Waals surface area contributed by atoms with E-state index >= 15 is 0 Å². The van der Waals surface area contributed by atoms with Gasteiger partial charge in [-0.2, -0.15) is 0 Å². The van der Waals surface area contributed by atoms with Crippen LogP contribution in [0.3, 0.4) is 0 Å². The SMILES string of the molecule is Cc1cc(-c2ccccc2)c(-n2c(-c3coc4ccc(Cc5ccccn5)cc34)nc3ccccc32)c(-c2ccccc2)c1. The number of hydrogen-bond donors (Lipinski definition) is 0. The first kappa shape index (κ1) is 25.9. The van der Waals surface area contributed by atoms with Crippen LogP contribution in [0.2, 0.25) is 0 Å². The highest BCUT2D eigenvalue weighted by atomic mass is 16.3. The number of pyridine rings is 1. The second-order valence-electron chi connectivity index (χ2n) is 11.2. The molecule has 3 heterocycles. The predicted molar refractivity (Wildman–Crippen MR) is 179 cm³/mol. The van der Waals surface area contributed by atoms with Crippen molar-refractivity contribution in [3.8, 4) is 39.3 Å². The van der Waals surface area contributed by atoms with E-state index in [4.69, 9.17) is 9.40 Å². The van der Waals surface area contributed by atoms with Crippen LogP contribution in [0.5, 0.6) is 0 Å². The highest BCUT2D eigenvalue weighted by Gasteiger charge is 2.24. The van der Waals surface area contributed by atoms with Crippen molar-refractivity contribution in [1.29, 1.82) is 0 Å². The highest BCUT2D eigenvalue weighted by Crippen LogP contribution is 2.42. The van der Waals surface area contributed by atoms with Crippen LogP contribution in [0.25, 0.3) is 61.3 Å². The Morgan fingerprint density at radius 3 is 2.05 bits per heavy atom. The van der Waals surface area contributed by atoms with Crippen LogP contribution < -0.4 is 0 Å². The fourth-order valence-electron chi connectivity index (χ4n) is 6.20.